The predicted molar refractivity (Wildman–Crippen MR) is 94.3 cm³/mol. The third-order valence-electron chi connectivity index (χ3n) is 9.44. The first-order valence-corrected chi connectivity index (χ1v) is 10.4. The van der Waals surface area contributed by atoms with E-state index < -0.39 is 0 Å². The van der Waals surface area contributed by atoms with Crippen LogP contribution in [0.25, 0.3) is 0 Å². The van der Waals surface area contributed by atoms with E-state index in [-0.39, 0.29) is 29.1 Å². The van der Waals surface area contributed by atoms with Gasteiger partial charge in [-0.3, -0.25) is 0 Å². The summed E-state index contributed by atoms with van der Waals surface area (Å²) in [4.78, 5) is 0. The zero-order chi connectivity index (χ0) is 17.3. The van der Waals surface area contributed by atoms with Crippen LogP contribution >= 0.6 is 0 Å². The van der Waals surface area contributed by atoms with Crippen molar-refractivity contribution in [2.75, 3.05) is 0 Å². The van der Waals surface area contributed by atoms with Gasteiger partial charge in [0.15, 0.2) is 0 Å². The Morgan fingerprint density at radius 2 is 1.67 bits per heavy atom. The Balaban J connectivity index is 1.70. The smallest absolute Gasteiger partial charge is 0.0602 e. The van der Waals surface area contributed by atoms with Crippen molar-refractivity contribution in [1.29, 1.82) is 0 Å². The molecule has 3 nitrogen and oxygen atoms in total. The zero-order valence-electron chi connectivity index (χ0n) is 15.6. The fourth-order valence-corrected chi connectivity index (χ4v) is 7.95. The predicted octanol–water partition coefficient (Wildman–Crippen LogP) is 3.36. The van der Waals surface area contributed by atoms with Crippen molar-refractivity contribution >= 4 is 0 Å². The molecule has 0 aliphatic heterocycles. The van der Waals surface area contributed by atoms with Gasteiger partial charge < -0.3 is 15.3 Å². The van der Waals surface area contributed by atoms with Crippen LogP contribution in [0.4, 0.5) is 0 Å². The maximum atomic E-state index is 11.2. The molecule has 4 rings (SSSR count). The highest BCUT2D eigenvalue weighted by molar-refractivity contribution is 5.13. The van der Waals surface area contributed by atoms with Crippen molar-refractivity contribution in [2.24, 2.45) is 40.4 Å². The molecule has 3 N–H and O–H groups in total. The summed E-state index contributed by atoms with van der Waals surface area (Å²) >= 11 is 0. The summed E-state index contributed by atoms with van der Waals surface area (Å²) in [6.07, 6.45) is 7.36. The quantitative estimate of drug-likeness (QED) is 0.688. The van der Waals surface area contributed by atoms with Crippen LogP contribution in [0, 0.1) is 40.4 Å². The van der Waals surface area contributed by atoms with Crippen LogP contribution in [0.2, 0.25) is 0 Å². The highest BCUT2D eigenvalue weighted by Crippen LogP contribution is 2.67. The molecule has 4 saturated carbocycles. The van der Waals surface area contributed by atoms with Crippen molar-refractivity contribution in [3.63, 3.8) is 0 Å². The van der Waals surface area contributed by atoms with Crippen molar-refractivity contribution in [3.05, 3.63) is 0 Å². The van der Waals surface area contributed by atoms with Crippen LogP contribution in [0.1, 0.15) is 72.1 Å². The lowest BCUT2D eigenvalue weighted by Crippen LogP contribution is -2.62. The standard InChI is InChI=1S/C21H36O3/c1-4-12-5-6-15-19-16(11-18(24)21(12,15)3)20(2)8-7-14(22)9-13(20)10-17(19)23/h12-19,22-24H,4-11H2,1-3H3. The van der Waals surface area contributed by atoms with E-state index in [9.17, 15) is 15.3 Å². The Bertz CT molecular complexity index is 493. The van der Waals surface area contributed by atoms with Crippen LogP contribution in [0.5, 0.6) is 0 Å². The number of aliphatic hydroxyl groups excluding tert-OH is 3. The van der Waals surface area contributed by atoms with Gasteiger partial charge in [0, 0.05) is 0 Å². The molecule has 10 atom stereocenters. The maximum Gasteiger partial charge on any atom is 0.0602 e. The first-order chi connectivity index (χ1) is 11.3. The first kappa shape index (κ1) is 17.3. The number of hydrogen-bond acceptors (Lipinski definition) is 3. The van der Waals surface area contributed by atoms with E-state index in [4.69, 9.17) is 0 Å². The van der Waals surface area contributed by atoms with Gasteiger partial charge in [-0.05, 0) is 85.4 Å². The third-order valence-corrected chi connectivity index (χ3v) is 9.44. The van der Waals surface area contributed by atoms with E-state index in [0.717, 1.165) is 38.5 Å². The molecule has 138 valence electrons. The normalized spacial score (nSPS) is 60.2. The monoisotopic (exact) mass is 336 g/mol. The molecule has 0 heterocycles. The molecule has 0 radical (unpaired) electrons. The van der Waals surface area contributed by atoms with E-state index in [1.165, 1.54) is 12.8 Å². The molecule has 10 unspecified atom stereocenters. The van der Waals surface area contributed by atoms with Gasteiger partial charge in [0.2, 0.25) is 0 Å². The SMILES string of the molecule is CCC1CCC2C3C(O)CC4CC(O)CCC4(C)C3CC(O)C12C. The lowest BCUT2D eigenvalue weighted by Gasteiger charge is -2.63. The highest BCUT2D eigenvalue weighted by Gasteiger charge is 2.64. The summed E-state index contributed by atoms with van der Waals surface area (Å²) in [5.41, 5.74) is 0.185. The fraction of sp³-hybridized carbons (Fsp3) is 1.00. The van der Waals surface area contributed by atoms with Gasteiger partial charge in [0.05, 0.1) is 18.3 Å². The van der Waals surface area contributed by atoms with E-state index in [2.05, 4.69) is 20.8 Å². The topological polar surface area (TPSA) is 60.7 Å². The van der Waals surface area contributed by atoms with Gasteiger partial charge in [0.1, 0.15) is 0 Å². The summed E-state index contributed by atoms with van der Waals surface area (Å²) in [5, 5.41) is 32.4. The van der Waals surface area contributed by atoms with Gasteiger partial charge in [-0.1, -0.05) is 27.2 Å². The molecule has 0 aromatic rings. The molecular weight excluding hydrogens is 300 g/mol. The first-order valence-electron chi connectivity index (χ1n) is 10.4. The van der Waals surface area contributed by atoms with Gasteiger partial charge in [-0.15, -0.1) is 0 Å². The molecule has 0 aromatic carbocycles. The lowest BCUT2D eigenvalue weighted by atomic mass is 9.43. The van der Waals surface area contributed by atoms with E-state index in [1.54, 1.807) is 0 Å². The molecule has 0 bridgehead atoms. The molecule has 0 amide bonds. The average Bonchev–Trinajstić information content (AvgIpc) is 2.88. The lowest BCUT2D eigenvalue weighted by molar-refractivity contribution is -0.204. The van der Waals surface area contributed by atoms with E-state index >= 15 is 0 Å². The Hall–Kier alpha value is -0.120. The molecule has 24 heavy (non-hydrogen) atoms. The summed E-state index contributed by atoms with van der Waals surface area (Å²) in [6, 6.07) is 0. The summed E-state index contributed by atoms with van der Waals surface area (Å²) in [7, 11) is 0. The molecular formula is C21H36O3. The Labute approximate surface area is 146 Å². The largest absolute Gasteiger partial charge is 0.393 e. The molecule has 4 aliphatic carbocycles. The van der Waals surface area contributed by atoms with Crippen molar-refractivity contribution in [3.8, 4) is 0 Å². The van der Waals surface area contributed by atoms with Gasteiger partial charge in [-0.25, -0.2) is 0 Å². The average molecular weight is 337 g/mol. The van der Waals surface area contributed by atoms with Crippen molar-refractivity contribution in [1.82, 2.24) is 0 Å². The van der Waals surface area contributed by atoms with Crippen LogP contribution in [0.15, 0.2) is 0 Å². The van der Waals surface area contributed by atoms with Crippen molar-refractivity contribution in [2.45, 2.75) is 90.4 Å². The third kappa shape index (κ3) is 2.13. The maximum absolute atomic E-state index is 11.2. The minimum atomic E-state index is -0.245. The molecule has 4 aliphatic rings. The molecule has 0 saturated heterocycles. The highest BCUT2D eigenvalue weighted by atomic mass is 16.3. The summed E-state index contributed by atoms with van der Waals surface area (Å²) < 4.78 is 0. The van der Waals surface area contributed by atoms with Gasteiger partial charge >= 0.3 is 0 Å². The Morgan fingerprint density at radius 1 is 0.917 bits per heavy atom. The second kappa shape index (κ2) is 5.69. The van der Waals surface area contributed by atoms with Crippen LogP contribution < -0.4 is 0 Å². The number of hydrogen-bond donors (Lipinski definition) is 3. The minimum Gasteiger partial charge on any atom is -0.393 e. The van der Waals surface area contributed by atoms with Gasteiger partial charge in [0.25, 0.3) is 0 Å². The molecule has 0 spiro atoms. The second-order valence-corrected chi connectivity index (χ2v) is 10.0. The van der Waals surface area contributed by atoms with Crippen LogP contribution in [-0.2, 0) is 0 Å². The minimum absolute atomic E-state index is 0.00568. The molecule has 0 aromatic heterocycles. The number of fused-ring (bicyclic) bond motifs is 5. The van der Waals surface area contributed by atoms with Gasteiger partial charge in [-0.2, -0.15) is 0 Å². The van der Waals surface area contributed by atoms with E-state index in [1.807, 2.05) is 0 Å². The summed E-state index contributed by atoms with van der Waals surface area (Å²) in [5.74, 6) is 2.26. The number of rotatable bonds is 1. The molecule has 4 fully saturated rings. The van der Waals surface area contributed by atoms with Crippen LogP contribution in [-0.4, -0.2) is 33.6 Å². The van der Waals surface area contributed by atoms with Crippen molar-refractivity contribution < 1.29 is 15.3 Å². The molecule has 3 heteroatoms. The zero-order valence-corrected chi connectivity index (χ0v) is 15.6. The Kier molecular flexibility index (Phi) is 4.10. The van der Waals surface area contributed by atoms with Crippen LogP contribution in [0.3, 0.4) is 0 Å². The summed E-state index contributed by atoms with van der Waals surface area (Å²) in [6.45, 7) is 6.97. The second-order valence-electron chi connectivity index (χ2n) is 10.0. The fourth-order valence-electron chi connectivity index (χ4n) is 7.95. The number of aliphatic hydroxyl groups is 3. The van der Waals surface area contributed by atoms with E-state index in [0.29, 0.717) is 29.6 Å². The Morgan fingerprint density at radius 3 is 2.38 bits per heavy atom.